The fourth-order valence-corrected chi connectivity index (χ4v) is 9.59. The Kier molecular flexibility index (Phi) is 15.7. The maximum atomic E-state index is 14.9. The van der Waals surface area contributed by atoms with E-state index in [2.05, 4.69) is 24.5 Å². The van der Waals surface area contributed by atoms with Gasteiger partial charge in [-0.25, -0.2) is 0 Å². The van der Waals surface area contributed by atoms with Crippen molar-refractivity contribution in [1.82, 2.24) is 15.7 Å². The Morgan fingerprint density at radius 3 is 2.33 bits per heavy atom. The number of carbonyl (C=O) groups is 3. The number of unbranched alkanes of at least 4 members (excludes halogenated alkanes) is 4. The number of amides is 2. The molecule has 5 aliphatic rings. The normalized spacial score (nSPS) is 32.1. The quantitative estimate of drug-likeness (QED) is 0.0702. The lowest BCUT2D eigenvalue weighted by Crippen LogP contribution is -2.69. The average Bonchev–Trinajstić information content (AvgIpc) is 3.85. The molecule has 7 rings (SSSR count). The van der Waals surface area contributed by atoms with Gasteiger partial charge in [0.2, 0.25) is 5.91 Å². The summed E-state index contributed by atoms with van der Waals surface area (Å²) in [6.45, 7) is 3.87. The second-order valence-electron chi connectivity index (χ2n) is 17.3. The summed E-state index contributed by atoms with van der Waals surface area (Å²) in [6, 6.07) is 13.2. The summed E-state index contributed by atoms with van der Waals surface area (Å²) in [5.74, 6) is -2.23. The number of ether oxygens (including phenoxy) is 5. The molecule has 5 fully saturated rings. The third-order valence-corrected chi connectivity index (χ3v) is 12.9. The molecular formula is C46H63N3O14. The Labute approximate surface area is 367 Å². The first-order valence-electron chi connectivity index (χ1n) is 22.4. The maximum Gasteiger partial charge on any atom is 0.327 e. The van der Waals surface area contributed by atoms with E-state index in [-0.39, 0.29) is 51.1 Å². The molecule has 11 atom stereocenters. The van der Waals surface area contributed by atoms with Crippen molar-refractivity contribution in [3.63, 3.8) is 0 Å². The minimum Gasteiger partial charge on any atom is -0.458 e. The highest BCUT2D eigenvalue weighted by Crippen LogP contribution is 2.58. The van der Waals surface area contributed by atoms with Crippen molar-refractivity contribution in [3.05, 3.63) is 76.9 Å². The molecule has 1 saturated carbocycles. The zero-order valence-electron chi connectivity index (χ0n) is 36.0. The van der Waals surface area contributed by atoms with Gasteiger partial charge in [-0.15, -0.1) is 0 Å². The number of nitrogens with one attached hydrogen (secondary N) is 2. The molecule has 2 aromatic carbocycles. The van der Waals surface area contributed by atoms with Crippen molar-refractivity contribution in [1.29, 1.82) is 0 Å². The molecule has 0 spiro atoms. The Balaban J connectivity index is 1.10. The summed E-state index contributed by atoms with van der Waals surface area (Å²) < 4.78 is 31.0. The Morgan fingerprint density at radius 1 is 0.905 bits per heavy atom. The number of fused-ring (bicyclic) bond motifs is 4. The number of hydrogen-bond donors (Lipinski definition) is 7. The molecule has 7 N–H and O–H groups in total. The zero-order valence-corrected chi connectivity index (χ0v) is 36.0. The van der Waals surface area contributed by atoms with E-state index in [4.69, 9.17) is 33.6 Å². The second-order valence-corrected chi connectivity index (χ2v) is 17.3. The number of hydrogen-bond acceptors (Lipinski definition) is 15. The van der Waals surface area contributed by atoms with Crippen LogP contribution in [0.1, 0.15) is 98.7 Å². The van der Waals surface area contributed by atoms with Crippen LogP contribution in [0.25, 0.3) is 6.08 Å². The van der Waals surface area contributed by atoms with Gasteiger partial charge in [0.25, 0.3) is 5.91 Å². The minimum absolute atomic E-state index is 0.000213. The molecule has 2 amide bonds. The number of rotatable bonds is 21. The largest absolute Gasteiger partial charge is 0.458 e. The highest BCUT2D eigenvalue weighted by molar-refractivity contribution is 5.95. The van der Waals surface area contributed by atoms with Crippen LogP contribution >= 0.6 is 0 Å². The van der Waals surface area contributed by atoms with Crippen LogP contribution in [-0.2, 0) is 51.2 Å². The van der Waals surface area contributed by atoms with Gasteiger partial charge in [-0.3, -0.25) is 19.2 Å². The highest BCUT2D eigenvalue weighted by Gasteiger charge is 2.76. The van der Waals surface area contributed by atoms with E-state index in [0.717, 1.165) is 49.7 Å². The molecule has 0 radical (unpaired) electrons. The van der Waals surface area contributed by atoms with Crippen molar-refractivity contribution in [3.8, 4) is 0 Å². The molecule has 63 heavy (non-hydrogen) atoms. The fourth-order valence-electron chi connectivity index (χ4n) is 9.59. The molecule has 4 aliphatic heterocycles. The van der Waals surface area contributed by atoms with Crippen LogP contribution in [0, 0.1) is 5.41 Å². The summed E-state index contributed by atoms with van der Waals surface area (Å²) >= 11 is 0. The first kappa shape index (κ1) is 47.1. The summed E-state index contributed by atoms with van der Waals surface area (Å²) in [4.78, 5) is 48.6. The van der Waals surface area contributed by atoms with Crippen LogP contribution in [0.5, 0.6) is 0 Å². The Bertz CT molecular complexity index is 1890. The van der Waals surface area contributed by atoms with Gasteiger partial charge in [-0.05, 0) is 41.7 Å². The van der Waals surface area contributed by atoms with E-state index >= 15 is 0 Å². The van der Waals surface area contributed by atoms with Crippen molar-refractivity contribution < 1.29 is 68.4 Å². The molecular weight excluding hydrogens is 819 g/mol. The van der Waals surface area contributed by atoms with E-state index < -0.39 is 84.9 Å². The Hall–Kier alpha value is -3.85. The summed E-state index contributed by atoms with van der Waals surface area (Å²) in [5, 5.41) is 56.2. The van der Waals surface area contributed by atoms with Gasteiger partial charge in [-0.1, -0.05) is 88.1 Å². The van der Waals surface area contributed by atoms with Crippen LogP contribution in [0.2, 0.25) is 0 Å². The minimum atomic E-state index is -1.54. The van der Waals surface area contributed by atoms with Crippen LogP contribution in [0.15, 0.2) is 54.6 Å². The zero-order chi connectivity index (χ0) is 44.7. The van der Waals surface area contributed by atoms with Crippen LogP contribution in [0.4, 0.5) is 0 Å². The van der Waals surface area contributed by atoms with Gasteiger partial charge in [-0.2, -0.15) is 5.06 Å². The number of nitrogens with zero attached hydrogens (tertiary/aromatic N) is 1. The lowest BCUT2D eigenvalue weighted by Gasteiger charge is -2.48. The smallest absolute Gasteiger partial charge is 0.327 e. The van der Waals surface area contributed by atoms with E-state index in [1.54, 1.807) is 41.5 Å². The summed E-state index contributed by atoms with van der Waals surface area (Å²) in [6.07, 6.45) is 1.04. The van der Waals surface area contributed by atoms with Crippen molar-refractivity contribution in [2.45, 2.75) is 152 Å². The van der Waals surface area contributed by atoms with Gasteiger partial charge >= 0.3 is 5.97 Å². The third-order valence-electron chi connectivity index (χ3n) is 12.9. The molecule has 2 bridgehead atoms. The number of aliphatic hydroxyl groups is 5. The Morgan fingerprint density at radius 2 is 1.63 bits per heavy atom. The lowest BCUT2D eigenvalue weighted by atomic mass is 9.62. The van der Waals surface area contributed by atoms with Crippen LogP contribution in [-0.4, -0.2) is 142 Å². The number of carbonyl (C=O) groups excluding carboxylic acids is 3. The molecule has 1 aliphatic carbocycles. The average molecular weight is 882 g/mol. The van der Waals surface area contributed by atoms with Crippen LogP contribution in [0.3, 0.4) is 0 Å². The standard InChI is InChI=1S/C46H63N3O14/c1-3-5-7-18-45(19-8-6-4-2)61-37-32-24-46(44(57)48-25-30-11-9-13-31(23-30)41(55)47-20-21-50)39(42(56)59-32)49(63-40(46)38(37)62-45)26-29-16-14-28(15-17-29)12-10-22-58-43-36(54)35(53)34(52)33(27-51)60-43/h9-17,23,32-40,43,50-54H,3-8,18-22,24-27H2,1-2H3,(H,47,55)(H,48,57)/t32-,33-,34+,35+,36-,37+,38+,39+,40-,43+,46+/m1/s1. The van der Waals surface area contributed by atoms with E-state index in [1.165, 1.54) is 0 Å². The molecule has 2 aromatic rings. The first-order valence-corrected chi connectivity index (χ1v) is 22.4. The first-order chi connectivity index (χ1) is 30.5. The van der Waals surface area contributed by atoms with Gasteiger partial charge < -0.3 is 59.9 Å². The highest BCUT2D eigenvalue weighted by atomic mass is 16.8. The van der Waals surface area contributed by atoms with Gasteiger partial charge in [0.1, 0.15) is 54.2 Å². The topological polar surface area (TPSA) is 235 Å². The maximum absolute atomic E-state index is 14.9. The predicted molar refractivity (Wildman–Crippen MR) is 225 cm³/mol. The molecule has 4 heterocycles. The predicted octanol–water partition coefficient (Wildman–Crippen LogP) is 2.00. The van der Waals surface area contributed by atoms with Gasteiger partial charge in [0.05, 0.1) is 26.4 Å². The van der Waals surface area contributed by atoms with E-state index in [0.29, 0.717) is 24.0 Å². The SMILES string of the molecule is CCCCCC1(CCCCC)O[C@@H]2[C@H](O1)[C@H]1ON(Cc3ccc(C=CCO[C@H]4O[C@H](CO)[C@H](O)[C@H](O)[C@H]4O)cc3)[C@H]3C(=O)O[C@@H]2C[C@@]13C(=O)NCc1cccc(C(=O)NCCO)c1. The number of hydroxylamine groups is 2. The van der Waals surface area contributed by atoms with Crippen molar-refractivity contribution in [2.24, 2.45) is 5.41 Å². The van der Waals surface area contributed by atoms with E-state index in [9.17, 15) is 34.8 Å². The van der Waals surface area contributed by atoms with Gasteiger partial charge in [0, 0.05) is 37.9 Å². The summed E-state index contributed by atoms with van der Waals surface area (Å²) in [7, 11) is 0. The van der Waals surface area contributed by atoms with Gasteiger partial charge in [0.15, 0.2) is 18.1 Å². The van der Waals surface area contributed by atoms with Crippen molar-refractivity contribution in [2.75, 3.05) is 26.4 Å². The summed E-state index contributed by atoms with van der Waals surface area (Å²) in [5.41, 5.74) is 1.25. The molecule has 17 heteroatoms. The van der Waals surface area contributed by atoms with Crippen LogP contribution < -0.4 is 10.6 Å². The molecule has 0 aromatic heterocycles. The monoisotopic (exact) mass is 881 g/mol. The molecule has 4 saturated heterocycles. The second kappa shape index (κ2) is 21.0. The lowest BCUT2D eigenvalue weighted by molar-refractivity contribution is -0.298. The fraction of sp³-hybridized carbons (Fsp3) is 0.630. The number of esters is 1. The third kappa shape index (κ3) is 10.0. The van der Waals surface area contributed by atoms with E-state index in [1.807, 2.05) is 24.3 Å². The molecule has 17 nitrogen and oxygen atoms in total. The number of benzene rings is 2. The molecule has 0 unspecified atom stereocenters. The van der Waals surface area contributed by atoms with Crippen molar-refractivity contribution >= 4 is 23.9 Å². The number of aliphatic hydroxyl groups excluding tert-OH is 5. The molecule has 346 valence electrons.